The molecule has 0 radical (unpaired) electrons. The number of hydrogen-bond acceptors (Lipinski definition) is 3. The first-order valence-electron chi connectivity index (χ1n) is 4.82. The molecule has 12 heavy (non-hydrogen) atoms. The van der Waals surface area contributed by atoms with E-state index < -0.39 is 0 Å². The molecule has 3 atom stereocenters. The molecule has 0 spiro atoms. The molecule has 0 aromatic heterocycles. The molecule has 68 valence electrons. The zero-order valence-corrected chi connectivity index (χ0v) is 7.48. The van der Waals surface area contributed by atoms with Gasteiger partial charge in [-0.2, -0.15) is 0 Å². The second-order valence-electron chi connectivity index (χ2n) is 4.09. The van der Waals surface area contributed by atoms with Crippen LogP contribution in [0.2, 0.25) is 6.82 Å². The standard InChI is InChI=1S/C8H16BNO2/c1-9(12)10-6-2-3-7(10)5-8(11)4-6/h6-8,11-12H,2-5H2,1H3/t6-,7+,8?. The zero-order valence-electron chi connectivity index (χ0n) is 7.48. The SMILES string of the molecule is CB(O)N1[C@@H]2CC[C@H]1CC(O)C2. The van der Waals surface area contributed by atoms with E-state index in [0.717, 1.165) is 25.7 Å². The van der Waals surface area contributed by atoms with Crippen molar-refractivity contribution in [3.05, 3.63) is 0 Å². The highest BCUT2D eigenvalue weighted by Crippen LogP contribution is 2.35. The fourth-order valence-electron chi connectivity index (χ4n) is 2.79. The Morgan fingerprint density at radius 2 is 1.75 bits per heavy atom. The van der Waals surface area contributed by atoms with E-state index >= 15 is 0 Å². The van der Waals surface area contributed by atoms with Crippen LogP contribution in [-0.2, 0) is 0 Å². The fraction of sp³-hybridized carbons (Fsp3) is 1.00. The van der Waals surface area contributed by atoms with Crippen LogP contribution >= 0.6 is 0 Å². The summed E-state index contributed by atoms with van der Waals surface area (Å²) in [6, 6.07) is 0.859. The highest BCUT2D eigenvalue weighted by atomic mass is 16.3. The monoisotopic (exact) mass is 169 g/mol. The number of fused-ring (bicyclic) bond motifs is 2. The summed E-state index contributed by atoms with van der Waals surface area (Å²) >= 11 is 0. The third-order valence-electron chi connectivity index (χ3n) is 3.20. The lowest BCUT2D eigenvalue weighted by Crippen LogP contribution is -2.51. The maximum atomic E-state index is 9.49. The predicted octanol–water partition coefficient (Wildman–Crippen LogP) is 0.0844. The summed E-state index contributed by atoms with van der Waals surface area (Å²) in [5, 5.41) is 19.0. The van der Waals surface area contributed by atoms with Crippen molar-refractivity contribution in [3.8, 4) is 0 Å². The van der Waals surface area contributed by atoms with Crippen LogP contribution in [0.4, 0.5) is 0 Å². The second-order valence-corrected chi connectivity index (χ2v) is 4.09. The van der Waals surface area contributed by atoms with Crippen LogP contribution in [0.5, 0.6) is 0 Å². The molecule has 0 aromatic rings. The molecule has 2 aliphatic rings. The minimum Gasteiger partial charge on any atom is -0.437 e. The van der Waals surface area contributed by atoms with Crippen molar-refractivity contribution in [3.63, 3.8) is 0 Å². The van der Waals surface area contributed by atoms with Gasteiger partial charge in [0.15, 0.2) is 0 Å². The van der Waals surface area contributed by atoms with Gasteiger partial charge in [-0.3, -0.25) is 0 Å². The number of rotatable bonds is 1. The van der Waals surface area contributed by atoms with Crippen molar-refractivity contribution in [2.45, 2.75) is 50.7 Å². The molecule has 3 nitrogen and oxygen atoms in total. The number of piperidine rings is 1. The van der Waals surface area contributed by atoms with Gasteiger partial charge in [0.1, 0.15) is 0 Å². The van der Waals surface area contributed by atoms with Crippen molar-refractivity contribution in [2.24, 2.45) is 0 Å². The molecule has 2 rings (SSSR count). The van der Waals surface area contributed by atoms with E-state index in [2.05, 4.69) is 4.81 Å². The molecule has 0 amide bonds. The molecule has 0 aliphatic carbocycles. The Bertz CT molecular complexity index is 162. The highest BCUT2D eigenvalue weighted by Gasteiger charge is 2.42. The third-order valence-corrected chi connectivity index (χ3v) is 3.20. The van der Waals surface area contributed by atoms with Crippen LogP contribution in [0, 0.1) is 0 Å². The van der Waals surface area contributed by atoms with Crippen LogP contribution in [0.15, 0.2) is 0 Å². The molecule has 2 saturated heterocycles. The molecule has 2 fully saturated rings. The van der Waals surface area contributed by atoms with Gasteiger partial charge in [-0.1, -0.05) is 0 Å². The zero-order chi connectivity index (χ0) is 8.72. The molecule has 0 saturated carbocycles. The van der Waals surface area contributed by atoms with Crippen molar-refractivity contribution in [2.75, 3.05) is 0 Å². The molecule has 2 aliphatic heterocycles. The van der Waals surface area contributed by atoms with Crippen LogP contribution < -0.4 is 0 Å². The fourth-order valence-corrected chi connectivity index (χ4v) is 2.79. The van der Waals surface area contributed by atoms with E-state index in [1.807, 2.05) is 6.82 Å². The Morgan fingerprint density at radius 1 is 1.25 bits per heavy atom. The summed E-state index contributed by atoms with van der Waals surface area (Å²) in [5.74, 6) is 0. The van der Waals surface area contributed by atoms with E-state index in [4.69, 9.17) is 0 Å². The summed E-state index contributed by atoms with van der Waals surface area (Å²) in [7, 11) is -0.338. The Balaban J connectivity index is 2.09. The van der Waals surface area contributed by atoms with E-state index in [9.17, 15) is 10.1 Å². The van der Waals surface area contributed by atoms with Gasteiger partial charge in [-0.15, -0.1) is 0 Å². The van der Waals surface area contributed by atoms with Crippen molar-refractivity contribution >= 4 is 7.05 Å². The molecular formula is C8H16BNO2. The molecule has 2 bridgehead atoms. The number of hydrogen-bond donors (Lipinski definition) is 2. The molecule has 1 unspecified atom stereocenters. The van der Waals surface area contributed by atoms with Gasteiger partial charge in [0.05, 0.1) is 6.10 Å². The average molecular weight is 169 g/mol. The minimum absolute atomic E-state index is 0.127. The largest absolute Gasteiger partial charge is 0.437 e. The maximum absolute atomic E-state index is 9.49. The number of aliphatic hydroxyl groups is 1. The normalized spacial score (nSPS) is 41.8. The molecular weight excluding hydrogens is 153 g/mol. The highest BCUT2D eigenvalue weighted by molar-refractivity contribution is 6.45. The first-order chi connectivity index (χ1) is 5.68. The lowest BCUT2D eigenvalue weighted by Gasteiger charge is -2.37. The summed E-state index contributed by atoms with van der Waals surface area (Å²) in [6.45, 7) is 1.82. The third kappa shape index (κ3) is 1.28. The predicted molar refractivity (Wildman–Crippen MR) is 47.7 cm³/mol. The van der Waals surface area contributed by atoms with E-state index in [1.54, 1.807) is 0 Å². The van der Waals surface area contributed by atoms with Crippen LogP contribution in [-0.4, -0.2) is 40.2 Å². The summed E-state index contributed by atoms with van der Waals surface area (Å²) < 4.78 is 0. The number of aliphatic hydroxyl groups excluding tert-OH is 1. The van der Waals surface area contributed by atoms with E-state index in [-0.39, 0.29) is 13.2 Å². The van der Waals surface area contributed by atoms with Gasteiger partial charge in [-0.05, 0) is 32.5 Å². The van der Waals surface area contributed by atoms with Gasteiger partial charge in [0.2, 0.25) is 0 Å². The van der Waals surface area contributed by atoms with Gasteiger partial charge >= 0.3 is 7.05 Å². The van der Waals surface area contributed by atoms with Crippen molar-refractivity contribution < 1.29 is 10.1 Å². The summed E-state index contributed by atoms with van der Waals surface area (Å²) in [4.78, 5) is 2.16. The van der Waals surface area contributed by atoms with E-state index in [0.29, 0.717) is 12.1 Å². The number of nitrogens with zero attached hydrogens (tertiary/aromatic N) is 1. The Kier molecular flexibility index (Phi) is 2.15. The van der Waals surface area contributed by atoms with Gasteiger partial charge in [0.25, 0.3) is 0 Å². The molecule has 2 N–H and O–H groups in total. The van der Waals surface area contributed by atoms with Crippen molar-refractivity contribution in [1.29, 1.82) is 0 Å². The Hall–Kier alpha value is -0.0551. The molecule has 0 aromatic carbocycles. The average Bonchev–Trinajstić information content (AvgIpc) is 2.24. The van der Waals surface area contributed by atoms with Crippen LogP contribution in [0.1, 0.15) is 25.7 Å². The van der Waals surface area contributed by atoms with E-state index in [1.165, 1.54) is 0 Å². The maximum Gasteiger partial charge on any atom is 0.376 e. The topological polar surface area (TPSA) is 43.7 Å². The van der Waals surface area contributed by atoms with Crippen LogP contribution in [0.25, 0.3) is 0 Å². The summed E-state index contributed by atoms with van der Waals surface area (Å²) in [6.07, 6.45) is 3.86. The van der Waals surface area contributed by atoms with Gasteiger partial charge < -0.3 is 14.9 Å². The first kappa shape index (κ1) is 8.54. The van der Waals surface area contributed by atoms with Gasteiger partial charge in [-0.25, -0.2) is 0 Å². The molecule has 2 heterocycles. The van der Waals surface area contributed by atoms with Gasteiger partial charge in [0, 0.05) is 12.1 Å². The Labute approximate surface area is 73.5 Å². The van der Waals surface area contributed by atoms with Crippen molar-refractivity contribution in [1.82, 2.24) is 4.81 Å². The second kappa shape index (κ2) is 3.02. The van der Waals surface area contributed by atoms with Crippen LogP contribution in [0.3, 0.4) is 0 Å². The smallest absolute Gasteiger partial charge is 0.376 e. The Morgan fingerprint density at radius 3 is 2.17 bits per heavy atom. The minimum atomic E-state index is -0.338. The quantitative estimate of drug-likeness (QED) is 0.546. The first-order valence-corrected chi connectivity index (χ1v) is 4.82. The lowest BCUT2D eigenvalue weighted by atomic mass is 9.79. The lowest BCUT2D eigenvalue weighted by molar-refractivity contribution is 0.0687. The summed E-state index contributed by atoms with van der Waals surface area (Å²) in [5.41, 5.74) is 0. The molecule has 4 heteroatoms.